The van der Waals surface area contributed by atoms with Crippen LogP contribution in [0.25, 0.3) is 38.8 Å². The molecule has 5 nitrogen and oxygen atoms in total. The van der Waals surface area contributed by atoms with E-state index in [1.54, 1.807) is 0 Å². The molecule has 1 aliphatic heterocycles. The Bertz CT molecular complexity index is 3370. The number of hydrogen-bond donors (Lipinski definition) is 0. The monoisotopic (exact) mass is 921 g/mol. The summed E-state index contributed by atoms with van der Waals surface area (Å²) in [5.41, 5.74) is 16.8. The van der Waals surface area contributed by atoms with Gasteiger partial charge in [0, 0.05) is 45.9 Å². The predicted molar refractivity (Wildman–Crippen MR) is 297 cm³/mol. The van der Waals surface area contributed by atoms with Crippen molar-refractivity contribution in [2.24, 2.45) is 0 Å². The van der Waals surface area contributed by atoms with Gasteiger partial charge >= 0.3 is 0 Å². The number of rotatable bonds is 10. The summed E-state index contributed by atoms with van der Waals surface area (Å²) in [6.45, 7) is 28.2. The molecule has 0 bridgehead atoms. The lowest BCUT2D eigenvalue weighted by Gasteiger charge is -2.27. The smallest absolute Gasteiger partial charge is 0.137 e. The lowest BCUT2D eigenvalue weighted by molar-refractivity contribution is 0.479. The summed E-state index contributed by atoms with van der Waals surface area (Å²) >= 11 is 0. The molecule has 10 rings (SSSR count). The summed E-state index contributed by atoms with van der Waals surface area (Å²) in [6.07, 6.45) is 1.95. The van der Waals surface area contributed by atoms with Crippen molar-refractivity contribution >= 4 is 44.6 Å². The maximum atomic E-state index is 7.10. The summed E-state index contributed by atoms with van der Waals surface area (Å²) in [7, 11) is 0. The van der Waals surface area contributed by atoms with Crippen molar-refractivity contribution in [2.75, 3.05) is 16.5 Å². The molecule has 0 aliphatic carbocycles. The van der Waals surface area contributed by atoms with Crippen molar-refractivity contribution in [2.45, 2.75) is 111 Å². The molecule has 0 unspecified atom stereocenters. The molecule has 7 aromatic carbocycles. The third-order valence-corrected chi connectivity index (χ3v) is 14.7. The van der Waals surface area contributed by atoms with E-state index in [0.29, 0.717) is 18.5 Å². The van der Waals surface area contributed by atoms with Gasteiger partial charge in [0.15, 0.2) is 0 Å². The van der Waals surface area contributed by atoms with Gasteiger partial charge in [-0.05, 0) is 134 Å². The first-order chi connectivity index (χ1) is 33.4. The van der Waals surface area contributed by atoms with Crippen LogP contribution in [0.15, 0.2) is 170 Å². The van der Waals surface area contributed by atoms with Crippen molar-refractivity contribution in [3.8, 4) is 28.4 Å². The molecule has 0 saturated carbocycles. The van der Waals surface area contributed by atoms with Crippen LogP contribution in [0.3, 0.4) is 0 Å². The highest BCUT2D eigenvalue weighted by Crippen LogP contribution is 2.50. The van der Waals surface area contributed by atoms with Gasteiger partial charge in [-0.25, -0.2) is 4.98 Å². The SMILES string of the molecule is CC(C)c1cccc(C(C)C)c1-c1ccc2c(c1)N(c1cc(Oc3ccc4c5ccccc5n(-c5cc(C(C)(C)c6ccccc6)ccn5)c4c3)cc(C(C)(C)C)c1)CN2c1cccc(C(C)(C)C)c1. The van der Waals surface area contributed by atoms with Crippen LogP contribution >= 0.6 is 0 Å². The van der Waals surface area contributed by atoms with Gasteiger partial charge in [-0.2, -0.15) is 0 Å². The Kier molecular flexibility index (Phi) is 11.8. The van der Waals surface area contributed by atoms with Crippen molar-refractivity contribution in [3.05, 3.63) is 203 Å². The molecule has 354 valence electrons. The number of aromatic nitrogens is 2. The van der Waals surface area contributed by atoms with Crippen LogP contribution in [0.1, 0.15) is 128 Å². The van der Waals surface area contributed by atoms with Crippen LogP contribution in [0.5, 0.6) is 11.5 Å². The number of pyridine rings is 1. The highest BCUT2D eigenvalue weighted by atomic mass is 16.5. The van der Waals surface area contributed by atoms with Gasteiger partial charge in [0.2, 0.25) is 0 Å². The van der Waals surface area contributed by atoms with Gasteiger partial charge in [-0.1, -0.05) is 168 Å². The summed E-state index contributed by atoms with van der Waals surface area (Å²) in [6, 6.07) is 60.2. The molecule has 1 aliphatic rings. The lowest BCUT2D eigenvalue weighted by Crippen LogP contribution is -2.25. The molecule has 0 radical (unpaired) electrons. The molecule has 0 amide bonds. The summed E-state index contributed by atoms with van der Waals surface area (Å²) in [4.78, 5) is 10.00. The van der Waals surface area contributed by atoms with E-state index < -0.39 is 0 Å². The second-order valence-electron chi connectivity index (χ2n) is 22.6. The first kappa shape index (κ1) is 46.6. The van der Waals surface area contributed by atoms with E-state index in [4.69, 9.17) is 9.72 Å². The predicted octanol–water partition coefficient (Wildman–Crippen LogP) is 18.1. The Labute approximate surface area is 416 Å². The average Bonchev–Trinajstić information content (AvgIpc) is 3.89. The zero-order valence-corrected chi connectivity index (χ0v) is 43.2. The number of para-hydroxylation sites is 1. The molecular weight excluding hydrogens is 853 g/mol. The number of nitrogens with zero attached hydrogens (tertiary/aromatic N) is 4. The third kappa shape index (κ3) is 8.54. The fourth-order valence-corrected chi connectivity index (χ4v) is 10.5. The molecule has 70 heavy (non-hydrogen) atoms. The minimum atomic E-state index is -0.220. The Morgan fingerprint density at radius 3 is 1.83 bits per heavy atom. The molecule has 0 fully saturated rings. The number of ether oxygens (including phenoxy) is 1. The van der Waals surface area contributed by atoms with E-state index in [2.05, 4.69) is 261 Å². The fraction of sp³-hybridized carbons (Fsp3) is 0.277. The molecular formula is C65H68N4O. The van der Waals surface area contributed by atoms with Gasteiger partial charge in [0.1, 0.15) is 24.0 Å². The molecule has 0 N–H and O–H groups in total. The zero-order chi connectivity index (χ0) is 49.3. The highest BCUT2D eigenvalue weighted by molar-refractivity contribution is 6.09. The summed E-state index contributed by atoms with van der Waals surface area (Å²) in [5, 5.41) is 2.33. The molecule has 5 heteroatoms. The topological polar surface area (TPSA) is 33.5 Å². The largest absolute Gasteiger partial charge is 0.457 e. The van der Waals surface area contributed by atoms with E-state index >= 15 is 0 Å². The normalized spacial score (nSPS) is 13.3. The number of benzene rings is 7. The van der Waals surface area contributed by atoms with Crippen LogP contribution in [0, 0.1) is 0 Å². The maximum Gasteiger partial charge on any atom is 0.137 e. The molecule has 9 aromatic rings. The number of fused-ring (bicyclic) bond motifs is 4. The van der Waals surface area contributed by atoms with Crippen LogP contribution in [0.4, 0.5) is 22.7 Å². The van der Waals surface area contributed by atoms with Crippen LogP contribution < -0.4 is 14.5 Å². The third-order valence-electron chi connectivity index (χ3n) is 14.7. The molecule has 0 saturated heterocycles. The molecule has 3 heterocycles. The van der Waals surface area contributed by atoms with Crippen LogP contribution in [-0.2, 0) is 16.2 Å². The van der Waals surface area contributed by atoms with E-state index in [-0.39, 0.29) is 16.2 Å². The van der Waals surface area contributed by atoms with Gasteiger partial charge in [0.25, 0.3) is 0 Å². The summed E-state index contributed by atoms with van der Waals surface area (Å²) < 4.78 is 9.40. The van der Waals surface area contributed by atoms with Gasteiger partial charge in [-0.3, -0.25) is 4.57 Å². The van der Waals surface area contributed by atoms with E-state index in [1.165, 1.54) is 67.0 Å². The standard InChI is InChI=1S/C65H68N4O/c1-42(2)53-25-19-26-54(43(3)4)62(53)44-28-31-58-60(34-44)68(41-67(58)49-23-18-22-46(35-49)63(5,6)7)50-36-48(64(8,9)10)37-52(39-50)70-51-29-30-56-55-24-16-17-27-57(55)69(59(56)40-51)61-38-47(32-33-66-61)65(11,12)45-20-14-13-15-21-45/h13-40,42-43H,41H2,1-12H3. The molecule has 2 aromatic heterocycles. The Morgan fingerprint density at radius 1 is 0.471 bits per heavy atom. The van der Waals surface area contributed by atoms with E-state index in [1.807, 2.05) is 6.20 Å². The highest BCUT2D eigenvalue weighted by Gasteiger charge is 2.32. The number of anilines is 4. The minimum absolute atomic E-state index is 0.0143. The Hall–Kier alpha value is -7.11. The first-order valence-electron chi connectivity index (χ1n) is 25.2. The van der Waals surface area contributed by atoms with Gasteiger partial charge in [-0.15, -0.1) is 0 Å². The fourth-order valence-electron chi connectivity index (χ4n) is 10.5. The average molecular weight is 921 g/mol. The van der Waals surface area contributed by atoms with E-state index in [0.717, 1.165) is 39.4 Å². The first-order valence-corrected chi connectivity index (χ1v) is 25.2. The molecule has 0 spiro atoms. The van der Waals surface area contributed by atoms with Gasteiger partial charge in [0.05, 0.1) is 22.4 Å². The van der Waals surface area contributed by atoms with Crippen molar-refractivity contribution in [3.63, 3.8) is 0 Å². The van der Waals surface area contributed by atoms with Crippen molar-refractivity contribution < 1.29 is 4.74 Å². The van der Waals surface area contributed by atoms with Gasteiger partial charge < -0.3 is 14.5 Å². The Balaban J connectivity index is 1.10. The van der Waals surface area contributed by atoms with E-state index in [9.17, 15) is 0 Å². The summed E-state index contributed by atoms with van der Waals surface area (Å²) in [5.74, 6) is 3.21. The second-order valence-corrected chi connectivity index (χ2v) is 22.6. The molecule has 0 atom stereocenters. The Morgan fingerprint density at radius 2 is 1.11 bits per heavy atom. The zero-order valence-electron chi connectivity index (χ0n) is 43.2. The minimum Gasteiger partial charge on any atom is -0.457 e. The second kappa shape index (κ2) is 17.7. The quantitative estimate of drug-likeness (QED) is 0.137. The van der Waals surface area contributed by atoms with Crippen molar-refractivity contribution in [1.29, 1.82) is 0 Å². The van der Waals surface area contributed by atoms with Crippen molar-refractivity contribution in [1.82, 2.24) is 9.55 Å². The maximum absolute atomic E-state index is 7.10. The van der Waals surface area contributed by atoms with Crippen LogP contribution in [-0.4, -0.2) is 16.2 Å². The van der Waals surface area contributed by atoms with Crippen LogP contribution in [0.2, 0.25) is 0 Å². The number of hydrogen-bond acceptors (Lipinski definition) is 4. The lowest BCUT2D eigenvalue weighted by atomic mass is 9.78.